The van der Waals surface area contributed by atoms with E-state index in [0.717, 1.165) is 11.3 Å². The van der Waals surface area contributed by atoms with Crippen LogP contribution in [-0.2, 0) is 5.41 Å². The number of hydrogen-bond donors (Lipinski definition) is 0. The SMILES string of the molecule is CC(C)(C)c1ccc2oc(-c3cccs3)cc2c1. The van der Waals surface area contributed by atoms with Gasteiger partial charge in [-0.15, -0.1) is 11.3 Å². The molecule has 1 nitrogen and oxygen atoms in total. The lowest BCUT2D eigenvalue weighted by Gasteiger charge is -2.18. The molecular formula is C16H16OS. The van der Waals surface area contributed by atoms with E-state index in [0.29, 0.717) is 0 Å². The molecule has 0 bridgehead atoms. The monoisotopic (exact) mass is 256 g/mol. The third-order valence-electron chi connectivity index (χ3n) is 3.15. The van der Waals surface area contributed by atoms with Gasteiger partial charge in [0.15, 0.2) is 0 Å². The maximum atomic E-state index is 5.89. The van der Waals surface area contributed by atoms with Gasteiger partial charge in [0.1, 0.15) is 11.3 Å². The molecule has 2 heteroatoms. The van der Waals surface area contributed by atoms with E-state index in [9.17, 15) is 0 Å². The van der Waals surface area contributed by atoms with Crippen LogP contribution < -0.4 is 0 Å². The van der Waals surface area contributed by atoms with Crippen LogP contribution in [-0.4, -0.2) is 0 Å². The maximum Gasteiger partial charge on any atom is 0.145 e. The molecule has 0 fully saturated rings. The van der Waals surface area contributed by atoms with Crippen LogP contribution in [0.25, 0.3) is 21.6 Å². The first-order valence-corrected chi connectivity index (χ1v) is 7.00. The number of hydrogen-bond acceptors (Lipinski definition) is 2. The molecule has 0 aliphatic carbocycles. The van der Waals surface area contributed by atoms with Crippen molar-refractivity contribution in [2.45, 2.75) is 26.2 Å². The molecule has 3 rings (SSSR count). The van der Waals surface area contributed by atoms with E-state index in [1.165, 1.54) is 15.8 Å². The number of thiophene rings is 1. The van der Waals surface area contributed by atoms with Gasteiger partial charge in [-0.2, -0.15) is 0 Å². The van der Waals surface area contributed by atoms with E-state index in [1.807, 2.05) is 6.07 Å². The van der Waals surface area contributed by atoms with Crippen molar-refractivity contribution in [2.24, 2.45) is 0 Å². The molecule has 2 heterocycles. The van der Waals surface area contributed by atoms with Crippen LogP contribution in [0.1, 0.15) is 26.3 Å². The average molecular weight is 256 g/mol. The van der Waals surface area contributed by atoms with Gasteiger partial charge in [-0.05, 0) is 40.6 Å². The molecule has 92 valence electrons. The van der Waals surface area contributed by atoms with Crippen molar-refractivity contribution in [1.82, 2.24) is 0 Å². The zero-order valence-electron chi connectivity index (χ0n) is 10.9. The molecular weight excluding hydrogens is 240 g/mol. The zero-order chi connectivity index (χ0) is 12.8. The van der Waals surface area contributed by atoms with E-state index >= 15 is 0 Å². The van der Waals surface area contributed by atoms with Gasteiger partial charge in [0, 0.05) is 5.39 Å². The largest absolute Gasteiger partial charge is 0.455 e. The Labute approximate surface area is 111 Å². The number of rotatable bonds is 1. The second-order valence-corrected chi connectivity index (χ2v) is 6.54. The van der Waals surface area contributed by atoms with Crippen LogP contribution in [0, 0.1) is 0 Å². The van der Waals surface area contributed by atoms with E-state index in [1.54, 1.807) is 11.3 Å². The second kappa shape index (κ2) is 3.99. The fourth-order valence-corrected chi connectivity index (χ4v) is 2.73. The summed E-state index contributed by atoms with van der Waals surface area (Å²) in [6.07, 6.45) is 0. The van der Waals surface area contributed by atoms with E-state index in [-0.39, 0.29) is 5.41 Å². The van der Waals surface area contributed by atoms with Gasteiger partial charge < -0.3 is 4.42 Å². The Balaban J connectivity index is 2.13. The second-order valence-electron chi connectivity index (χ2n) is 5.59. The van der Waals surface area contributed by atoms with Crippen molar-refractivity contribution >= 4 is 22.3 Å². The molecule has 0 saturated heterocycles. The highest BCUT2D eigenvalue weighted by atomic mass is 32.1. The lowest BCUT2D eigenvalue weighted by atomic mass is 9.86. The predicted molar refractivity (Wildman–Crippen MR) is 78.2 cm³/mol. The normalized spacial score (nSPS) is 12.2. The maximum absolute atomic E-state index is 5.89. The number of fused-ring (bicyclic) bond motifs is 1. The third kappa shape index (κ3) is 1.97. The van der Waals surface area contributed by atoms with Crippen molar-refractivity contribution in [3.8, 4) is 10.6 Å². The van der Waals surface area contributed by atoms with Crippen LogP contribution in [0.2, 0.25) is 0 Å². The average Bonchev–Trinajstić information content (AvgIpc) is 2.95. The van der Waals surface area contributed by atoms with Gasteiger partial charge >= 0.3 is 0 Å². The highest BCUT2D eigenvalue weighted by Gasteiger charge is 2.15. The first kappa shape index (κ1) is 11.5. The Kier molecular flexibility index (Phi) is 2.56. The Bertz CT molecular complexity index is 669. The number of furan rings is 1. The first-order valence-electron chi connectivity index (χ1n) is 6.12. The topological polar surface area (TPSA) is 13.1 Å². The quantitative estimate of drug-likeness (QED) is 0.563. The summed E-state index contributed by atoms with van der Waals surface area (Å²) >= 11 is 1.71. The van der Waals surface area contributed by atoms with Crippen molar-refractivity contribution in [2.75, 3.05) is 0 Å². The van der Waals surface area contributed by atoms with Crippen LogP contribution in [0.15, 0.2) is 46.2 Å². The van der Waals surface area contributed by atoms with Gasteiger partial charge in [-0.3, -0.25) is 0 Å². The van der Waals surface area contributed by atoms with E-state index < -0.39 is 0 Å². The lowest BCUT2D eigenvalue weighted by molar-refractivity contribution is 0.590. The number of benzene rings is 1. The predicted octanol–water partition coefficient (Wildman–Crippen LogP) is 5.46. The summed E-state index contributed by atoms with van der Waals surface area (Å²) in [6.45, 7) is 6.69. The summed E-state index contributed by atoms with van der Waals surface area (Å²) in [5, 5.41) is 3.26. The van der Waals surface area contributed by atoms with E-state index in [4.69, 9.17) is 4.42 Å². The molecule has 0 aliphatic rings. The highest BCUT2D eigenvalue weighted by Crippen LogP contribution is 2.33. The van der Waals surface area contributed by atoms with Crippen LogP contribution in [0.4, 0.5) is 0 Å². The smallest absolute Gasteiger partial charge is 0.145 e. The molecule has 3 aromatic rings. The minimum Gasteiger partial charge on any atom is -0.455 e. The van der Waals surface area contributed by atoms with Crippen molar-refractivity contribution in [3.63, 3.8) is 0 Å². The van der Waals surface area contributed by atoms with Gasteiger partial charge in [0.2, 0.25) is 0 Å². The summed E-state index contributed by atoms with van der Waals surface area (Å²) in [7, 11) is 0. The molecule has 0 saturated carbocycles. The van der Waals surface area contributed by atoms with Crippen molar-refractivity contribution in [3.05, 3.63) is 47.3 Å². The Morgan fingerprint density at radius 1 is 1.06 bits per heavy atom. The fraction of sp³-hybridized carbons (Fsp3) is 0.250. The summed E-state index contributed by atoms with van der Waals surface area (Å²) in [4.78, 5) is 1.18. The van der Waals surface area contributed by atoms with Gasteiger partial charge in [-0.25, -0.2) is 0 Å². The lowest BCUT2D eigenvalue weighted by Crippen LogP contribution is -2.10. The van der Waals surface area contributed by atoms with Crippen LogP contribution >= 0.6 is 11.3 Å². The van der Waals surface area contributed by atoms with Crippen LogP contribution in [0.3, 0.4) is 0 Å². The molecule has 0 radical (unpaired) electrons. The van der Waals surface area contributed by atoms with Crippen LogP contribution in [0.5, 0.6) is 0 Å². The summed E-state index contributed by atoms with van der Waals surface area (Å²) < 4.78 is 5.89. The Morgan fingerprint density at radius 3 is 2.56 bits per heavy atom. The molecule has 0 atom stereocenters. The van der Waals surface area contributed by atoms with Gasteiger partial charge in [0.05, 0.1) is 4.88 Å². The van der Waals surface area contributed by atoms with Gasteiger partial charge in [0.25, 0.3) is 0 Å². The van der Waals surface area contributed by atoms with Crippen molar-refractivity contribution < 1.29 is 4.42 Å². The van der Waals surface area contributed by atoms with E-state index in [2.05, 4.69) is 56.5 Å². The summed E-state index contributed by atoms with van der Waals surface area (Å²) in [5.74, 6) is 0.964. The minimum atomic E-state index is 0.175. The molecule has 0 N–H and O–H groups in total. The summed E-state index contributed by atoms with van der Waals surface area (Å²) in [6, 6.07) is 12.7. The highest BCUT2D eigenvalue weighted by molar-refractivity contribution is 7.13. The van der Waals surface area contributed by atoms with Gasteiger partial charge in [-0.1, -0.05) is 32.9 Å². The molecule has 1 aromatic carbocycles. The third-order valence-corrected chi connectivity index (χ3v) is 4.03. The zero-order valence-corrected chi connectivity index (χ0v) is 11.7. The molecule has 0 amide bonds. The molecule has 0 unspecified atom stereocenters. The minimum absolute atomic E-state index is 0.175. The fourth-order valence-electron chi connectivity index (χ4n) is 2.05. The molecule has 0 spiro atoms. The summed E-state index contributed by atoms with van der Waals surface area (Å²) in [5.41, 5.74) is 2.48. The standard InChI is InChI=1S/C16H16OS/c1-16(2,3)12-6-7-13-11(9-12)10-14(17-13)15-5-4-8-18-15/h4-10H,1-3H3. The Hall–Kier alpha value is -1.54. The first-order chi connectivity index (χ1) is 8.54. The molecule has 0 aliphatic heterocycles. The van der Waals surface area contributed by atoms with Crippen molar-refractivity contribution in [1.29, 1.82) is 0 Å². The molecule has 18 heavy (non-hydrogen) atoms. The molecule has 2 aromatic heterocycles. The Morgan fingerprint density at radius 2 is 1.89 bits per heavy atom.